The molecule has 2 aromatic heterocycles. The lowest BCUT2D eigenvalue weighted by atomic mass is 10.1. The Morgan fingerprint density at radius 2 is 2.06 bits per heavy atom. The molecule has 16 heavy (non-hydrogen) atoms. The van der Waals surface area contributed by atoms with Gasteiger partial charge in [0, 0.05) is 31.1 Å². The van der Waals surface area contributed by atoms with Crippen molar-refractivity contribution in [2.75, 3.05) is 0 Å². The Bertz CT molecular complexity index is 462. The van der Waals surface area contributed by atoms with E-state index in [-0.39, 0.29) is 0 Å². The first-order chi connectivity index (χ1) is 7.66. The van der Waals surface area contributed by atoms with Crippen molar-refractivity contribution in [3.8, 4) is 11.8 Å². The summed E-state index contributed by atoms with van der Waals surface area (Å²) in [4.78, 5) is 4.09. The molecule has 2 aromatic rings. The van der Waals surface area contributed by atoms with Gasteiger partial charge in [-0.25, -0.2) is 4.98 Å². The Hall–Kier alpha value is -1.84. The molecule has 0 unspecified atom stereocenters. The summed E-state index contributed by atoms with van der Waals surface area (Å²) in [7, 11) is 1.92. The largest absolute Gasteiger partial charge is 0.419 e. The van der Waals surface area contributed by atoms with Crippen LogP contribution < -0.4 is 4.74 Å². The second-order valence-electron chi connectivity index (χ2n) is 3.96. The van der Waals surface area contributed by atoms with Crippen LogP contribution in [-0.2, 0) is 7.05 Å². The lowest BCUT2D eigenvalue weighted by Crippen LogP contribution is -1.99. The zero-order chi connectivity index (χ0) is 11.5. The lowest BCUT2D eigenvalue weighted by molar-refractivity contribution is 0.436. The smallest absolute Gasteiger partial charge is 0.240 e. The Kier molecular flexibility index (Phi) is 2.90. The first-order valence-electron chi connectivity index (χ1n) is 5.29. The molecule has 0 aliphatic rings. The van der Waals surface area contributed by atoms with Gasteiger partial charge in [0.25, 0.3) is 0 Å². The summed E-state index contributed by atoms with van der Waals surface area (Å²) in [5.74, 6) is 1.58. The van der Waals surface area contributed by atoms with Crippen molar-refractivity contribution in [3.63, 3.8) is 0 Å². The highest BCUT2D eigenvalue weighted by Crippen LogP contribution is 2.22. The van der Waals surface area contributed by atoms with Gasteiger partial charge in [0.2, 0.25) is 11.8 Å². The highest BCUT2D eigenvalue weighted by Gasteiger charge is 2.09. The Labute approximate surface area is 94.9 Å². The van der Waals surface area contributed by atoms with Gasteiger partial charge in [-0.05, 0) is 12.0 Å². The molecule has 84 valence electrons. The lowest BCUT2D eigenvalue weighted by Gasteiger charge is -2.02. The number of rotatable bonds is 3. The molecular formula is C12H15N3O. The second-order valence-corrected chi connectivity index (χ2v) is 3.96. The fraction of sp³-hybridized carbons (Fsp3) is 0.333. The first kappa shape index (κ1) is 10.7. The molecule has 0 saturated heterocycles. The van der Waals surface area contributed by atoms with E-state index < -0.39 is 0 Å². The molecule has 0 radical (unpaired) electrons. The maximum Gasteiger partial charge on any atom is 0.240 e. The van der Waals surface area contributed by atoms with E-state index in [0.29, 0.717) is 17.7 Å². The first-order valence-corrected chi connectivity index (χ1v) is 5.29. The number of hydrogen-bond donors (Lipinski definition) is 0. The van der Waals surface area contributed by atoms with E-state index in [0.717, 1.165) is 5.69 Å². The number of aromatic nitrogens is 3. The van der Waals surface area contributed by atoms with Crippen LogP contribution in [0.25, 0.3) is 0 Å². The maximum absolute atomic E-state index is 5.55. The summed E-state index contributed by atoms with van der Waals surface area (Å²) in [6.45, 7) is 4.25. The van der Waals surface area contributed by atoms with Crippen LogP contribution in [0.15, 0.2) is 30.5 Å². The zero-order valence-corrected chi connectivity index (χ0v) is 9.71. The highest BCUT2D eigenvalue weighted by molar-refractivity contribution is 5.23. The third-order valence-electron chi connectivity index (χ3n) is 2.33. The Balaban J connectivity index is 2.20. The SMILES string of the molecule is CC(C)c1cc(Oc2ccccn2)nn1C. The Morgan fingerprint density at radius 1 is 1.25 bits per heavy atom. The summed E-state index contributed by atoms with van der Waals surface area (Å²) in [6, 6.07) is 7.49. The van der Waals surface area contributed by atoms with Gasteiger partial charge in [0.15, 0.2) is 0 Å². The molecule has 0 atom stereocenters. The number of nitrogens with zero attached hydrogens (tertiary/aromatic N) is 3. The molecule has 4 nitrogen and oxygen atoms in total. The van der Waals surface area contributed by atoms with Gasteiger partial charge in [-0.15, -0.1) is 5.10 Å². The van der Waals surface area contributed by atoms with Crippen LogP contribution in [0.3, 0.4) is 0 Å². The molecule has 4 heteroatoms. The van der Waals surface area contributed by atoms with E-state index in [1.807, 2.05) is 36.0 Å². The predicted octanol–water partition coefficient (Wildman–Crippen LogP) is 2.73. The van der Waals surface area contributed by atoms with Gasteiger partial charge in [-0.3, -0.25) is 4.68 Å². The van der Waals surface area contributed by atoms with Crippen molar-refractivity contribution < 1.29 is 4.74 Å². The number of hydrogen-bond acceptors (Lipinski definition) is 3. The topological polar surface area (TPSA) is 39.9 Å². The van der Waals surface area contributed by atoms with Crippen LogP contribution in [0.5, 0.6) is 11.8 Å². The van der Waals surface area contributed by atoms with Crippen molar-refractivity contribution in [2.24, 2.45) is 7.05 Å². The van der Waals surface area contributed by atoms with E-state index in [1.165, 1.54) is 0 Å². The van der Waals surface area contributed by atoms with Crippen LogP contribution in [0.2, 0.25) is 0 Å². The third-order valence-corrected chi connectivity index (χ3v) is 2.33. The molecule has 0 aliphatic heterocycles. The number of pyridine rings is 1. The van der Waals surface area contributed by atoms with Gasteiger partial charge in [-0.2, -0.15) is 0 Å². The van der Waals surface area contributed by atoms with Crippen LogP contribution in [0.4, 0.5) is 0 Å². The number of ether oxygens (including phenoxy) is 1. The molecule has 2 rings (SSSR count). The van der Waals surface area contributed by atoms with Gasteiger partial charge in [0.1, 0.15) is 0 Å². The molecule has 0 N–H and O–H groups in total. The third kappa shape index (κ3) is 2.21. The monoisotopic (exact) mass is 217 g/mol. The second kappa shape index (κ2) is 4.35. The summed E-state index contributed by atoms with van der Waals surface area (Å²) in [5.41, 5.74) is 1.14. The van der Waals surface area contributed by atoms with Crippen molar-refractivity contribution in [1.82, 2.24) is 14.8 Å². The van der Waals surface area contributed by atoms with E-state index >= 15 is 0 Å². The van der Waals surface area contributed by atoms with Crippen molar-refractivity contribution in [1.29, 1.82) is 0 Å². The van der Waals surface area contributed by atoms with Gasteiger partial charge in [0.05, 0.1) is 0 Å². The van der Waals surface area contributed by atoms with Crippen LogP contribution >= 0.6 is 0 Å². The molecule has 0 spiro atoms. The molecule has 0 amide bonds. The summed E-state index contributed by atoms with van der Waals surface area (Å²) in [6.07, 6.45) is 1.70. The minimum atomic E-state index is 0.429. The van der Waals surface area contributed by atoms with Crippen LogP contribution in [-0.4, -0.2) is 14.8 Å². The van der Waals surface area contributed by atoms with Gasteiger partial charge >= 0.3 is 0 Å². The molecular weight excluding hydrogens is 202 g/mol. The quantitative estimate of drug-likeness (QED) is 0.793. The van der Waals surface area contributed by atoms with Gasteiger partial charge in [-0.1, -0.05) is 19.9 Å². The molecule has 0 saturated carbocycles. The summed E-state index contributed by atoms with van der Waals surface area (Å²) < 4.78 is 7.38. The zero-order valence-electron chi connectivity index (χ0n) is 9.71. The summed E-state index contributed by atoms with van der Waals surface area (Å²) in [5, 5.41) is 4.28. The minimum absolute atomic E-state index is 0.429. The Morgan fingerprint density at radius 3 is 2.62 bits per heavy atom. The van der Waals surface area contributed by atoms with Crippen molar-refractivity contribution in [3.05, 3.63) is 36.2 Å². The van der Waals surface area contributed by atoms with Crippen LogP contribution in [0, 0.1) is 0 Å². The molecule has 2 heterocycles. The number of aryl methyl sites for hydroxylation is 1. The van der Waals surface area contributed by atoms with E-state index in [4.69, 9.17) is 4.74 Å². The fourth-order valence-corrected chi connectivity index (χ4v) is 1.56. The standard InChI is InChI=1S/C12H15N3O/c1-9(2)10-8-12(14-15(10)3)16-11-6-4-5-7-13-11/h4-9H,1-3H3. The van der Waals surface area contributed by atoms with Gasteiger partial charge < -0.3 is 4.74 Å². The van der Waals surface area contributed by atoms with Crippen LogP contribution in [0.1, 0.15) is 25.5 Å². The average molecular weight is 217 g/mol. The predicted molar refractivity (Wildman–Crippen MR) is 61.6 cm³/mol. The minimum Gasteiger partial charge on any atom is -0.419 e. The molecule has 0 aromatic carbocycles. The molecule has 0 fully saturated rings. The fourth-order valence-electron chi connectivity index (χ4n) is 1.56. The van der Waals surface area contributed by atoms with E-state index in [2.05, 4.69) is 23.9 Å². The molecule has 0 bridgehead atoms. The van der Waals surface area contributed by atoms with Crippen molar-refractivity contribution >= 4 is 0 Å². The molecule has 0 aliphatic carbocycles. The normalized spacial score (nSPS) is 10.8. The average Bonchev–Trinajstić information content (AvgIpc) is 2.61. The highest BCUT2D eigenvalue weighted by atomic mass is 16.5. The summed E-state index contributed by atoms with van der Waals surface area (Å²) >= 11 is 0. The van der Waals surface area contributed by atoms with E-state index in [9.17, 15) is 0 Å². The maximum atomic E-state index is 5.55. The van der Waals surface area contributed by atoms with Crippen molar-refractivity contribution in [2.45, 2.75) is 19.8 Å². The van der Waals surface area contributed by atoms with E-state index in [1.54, 1.807) is 6.20 Å².